The Morgan fingerprint density at radius 2 is 1.69 bits per heavy atom. The van der Waals surface area contributed by atoms with Crippen molar-refractivity contribution < 1.29 is 0 Å². The first-order valence-corrected chi connectivity index (χ1v) is 9.93. The molecule has 3 aromatic rings. The first-order chi connectivity index (χ1) is 14.2. The highest BCUT2D eigenvalue weighted by atomic mass is 15.3. The van der Waals surface area contributed by atoms with Crippen molar-refractivity contribution >= 4 is 11.8 Å². The molecule has 5 rings (SSSR count). The first kappa shape index (κ1) is 18.0. The van der Waals surface area contributed by atoms with Gasteiger partial charge in [0.15, 0.2) is 5.82 Å². The van der Waals surface area contributed by atoms with Crippen LogP contribution >= 0.6 is 0 Å². The second-order valence-corrected chi connectivity index (χ2v) is 8.09. The Hall–Kier alpha value is -3.07. The average molecular weight is 391 g/mol. The molecule has 0 radical (unpaired) electrons. The third kappa shape index (κ3) is 3.65. The Morgan fingerprint density at radius 1 is 0.966 bits per heavy atom. The van der Waals surface area contributed by atoms with Crippen LogP contribution in [0.3, 0.4) is 0 Å². The van der Waals surface area contributed by atoms with Gasteiger partial charge in [-0.05, 0) is 17.9 Å². The SMILES string of the molecule is CN(C)c1ncc(CN2CC3CN(c4cc(-n5cccn5)ncn4)CC3C2)cn1. The number of fused-ring (bicyclic) bond motifs is 1. The van der Waals surface area contributed by atoms with Gasteiger partial charge in [-0.3, -0.25) is 4.90 Å². The number of aromatic nitrogens is 6. The van der Waals surface area contributed by atoms with E-state index in [2.05, 4.69) is 34.8 Å². The van der Waals surface area contributed by atoms with Crippen molar-refractivity contribution in [1.29, 1.82) is 0 Å². The predicted octanol–water partition coefficient (Wildman–Crippen LogP) is 1.09. The smallest absolute Gasteiger partial charge is 0.224 e. The Morgan fingerprint density at radius 3 is 2.34 bits per heavy atom. The van der Waals surface area contributed by atoms with Gasteiger partial charge in [-0.25, -0.2) is 24.6 Å². The molecule has 2 unspecified atom stereocenters. The molecular formula is C20H25N9. The van der Waals surface area contributed by atoms with Crippen LogP contribution in [0.5, 0.6) is 0 Å². The minimum Gasteiger partial charge on any atom is -0.356 e. The second kappa shape index (κ2) is 7.40. The Bertz CT molecular complexity index is 940. The average Bonchev–Trinajstić information content (AvgIpc) is 3.45. The van der Waals surface area contributed by atoms with Crippen molar-refractivity contribution in [3.8, 4) is 5.82 Å². The molecule has 5 heterocycles. The van der Waals surface area contributed by atoms with E-state index >= 15 is 0 Å². The van der Waals surface area contributed by atoms with Gasteiger partial charge >= 0.3 is 0 Å². The molecule has 2 saturated heterocycles. The van der Waals surface area contributed by atoms with Gasteiger partial charge in [-0.15, -0.1) is 0 Å². The summed E-state index contributed by atoms with van der Waals surface area (Å²) >= 11 is 0. The molecular weight excluding hydrogens is 366 g/mol. The van der Waals surface area contributed by atoms with Crippen molar-refractivity contribution in [1.82, 2.24) is 34.6 Å². The van der Waals surface area contributed by atoms with E-state index in [0.717, 1.165) is 50.3 Å². The number of hydrogen-bond acceptors (Lipinski definition) is 8. The number of nitrogens with zero attached hydrogens (tertiary/aromatic N) is 9. The fourth-order valence-corrected chi connectivity index (χ4v) is 4.36. The van der Waals surface area contributed by atoms with Crippen molar-refractivity contribution in [3.63, 3.8) is 0 Å². The van der Waals surface area contributed by atoms with Crippen LogP contribution in [-0.2, 0) is 6.54 Å². The molecule has 0 amide bonds. The summed E-state index contributed by atoms with van der Waals surface area (Å²) in [5, 5.41) is 4.26. The zero-order valence-electron chi connectivity index (χ0n) is 16.8. The molecule has 9 heteroatoms. The molecule has 3 aromatic heterocycles. The maximum absolute atomic E-state index is 4.51. The normalized spacial score (nSPS) is 21.5. The third-order valence-corrected chi connectivity index (χ3v) is 5.76. The molecule has 29 heavy (non-hydrogen) atoms. The van der Waals surface area contributed by atoms with E-state index in [1.54, 1.807) is 17.2 Å². The van der Waals surface area contributed by atoms with Gasteiger partial charge in [0, 0.05) is 83.2 Å². The zero-order valence-corrected chi connectivity index (χ0v) is 16.8. The second-order valence-electron chi connectivity index (χ2n) is 8.09. The summed E-state index contributed by atoms with van der Waals surface area (Å²) in [6, 6.07) is 3.92. The fraction of sp³-hybridized carbons (Fsp3) is 0.450. The topological polar surface area (TPSA) is 79.1 Å². The molecule has 0 spiro atoms. The van der Waals surface area contributed by atoms with Crippen LogP contribution in [0.2, 0.25) is 0 Å². The molecule has 9 nitrogen and oxygen atoms in total. The molecule has 150 valence electrons. The van der Waals surface area contributed by atoms with Crippen LogP contribution in [0.4, 0.5) is 11.8 Å². The van der Waals surface area contributed by atoms with Gasteiger partial charge in [-0.2, -0.15) is 5.10 Å². The van der Waals surface area contributed by atoms with Gasteiger partial charge in [0.2, 0.25) is 5.95 Å². The Kier molecular flexibility index (Phi) is 4.59. The predicted molar refractivity (Wildman–Crippen MR) is 110 cm³/mol. The van der Waals surface area contributed by atoms with Crippen LogP contribution < -0.4 is 9.80 Å². The van der Waals surface area contributed by atoms with Gasteiger partial charge in [0.25, 0.3) is 0 Å². The van der Waals surface area contributed by atoms with Crippen LogP contribution in [0.1, 0.15) is 5.56 Å². The van der Waals surface area contributed by atoms with E-state index < -0.39 is 0 Å². The lowest BCUT2D eigenvalue weighted by molar-refractivity contribution is 0.308. The van der Waals surface area contributed by atoms with Gasteiger partial charge in [0.1, 0.15) is 12.1 Å². The maximum Gasteiger partial charge on any atom is 0.224 e. The number of rotatable bonds is 5. The molecule has 2 fully saturated rings. The van der Waals surface area contributed by atoms with Crippen molar-refractivity contribution in [2.45, 2.75) is 6.54 Å². The maximum atomic E-state index is 4.51. The lowest BCUT2D eigenvalue weighted by Crippen LogP contribution is -2.29. The first-order valence-electron chi connectivity index (χ1n) is 9.93. The summed E-state index contributed by atoms with van der Waals surface area (Å²) in [5.41, 5.74) is 1.17. The highest BCUT2D eigenvalue weighted by Gasteiger charge is 2.40. The summed E-state index contributed by atoms with van der Waals surface area (Å²) in [6.07, 6.45) is 9.18. The van der Waals surface area contributed by atoms with E-state index in [0.29, 0.717) is 11.8 Å². The highest BCUT2D eigenvalue weighted by molar-refractivity contribution is 5.44. The van der Waals surface area contributed by atoms with E-state index in [1.165, 1.54) is 5.56 Å². The van der Waals surface area contributed by atoms with Crippen LogP contribution in [0, 0.1) is 11.8 Å². The lowest BCUT2D eigenvalue weighted by atomic mass is 10.0. The van der Waals surface area contributed by atoms with Crippen LogP contribution in [-0.4, -0.2) is 74.9 Å². The van der Waals surface area contributed by atoms with Crippen LogP contribution in [0.25, 0.3) is 5.82 Å². The summed E-state index contributed by atoms with van der Waals surface area (Å²) in [6.45, 7) is 5.19. The number of anilines is 2. The molecule has 0 saturated carbocycles. The Labute approximate surface area is 170 Å². The highest BCUT2D eigenvalue weighted by Crippen LogP contribution is 2.34. The molecule has 2 atom stereocenters. The van der Waals surface area contributed by atoms with Crippen molar-refractivity contribution in [2.24, 2.45) is 11.8 Å². The Balaban J connectivity index is 1.21. The van der Waals surface area contributed by atoms with Gasteiger partial charge < -0.3 is 9.80 Å². The monoisotopic (exact) mass is 391 g/mol. The van der Waals surface area contributed by atoms with E-state index in [4.69, 9.17) is 0 Å². The van der Waals surface area contributed by atoms with Crippen molar-refractivity contribution in [3.05, 3.63) is 48.8 Å². The van der Waals surface area contributed by atoms with E-state index in [-0.39, 0.29) is 0 Å². The standard InChI is InChI=1S/C20H25N9/c1-26(2)20-21-7-15(8-22-20)9-27-10-16-12-28(13-17(16)11-27)18-6-19(24-14-23-18)29-5-3-4-25-29/h3-8,14,16-17H,9-13H2,1-2H3. The lowest BCUT2D eigenvalue weighted by Gasteiger charge is -2.22. The molecule has 2 aliphatic heterocycles. The van der Waals surface area contributed by atoms with Crippen LogP contribution in [0.15, 0.2) is 43.2 Å². The number of likely N-dealkylation sites (tertiary alicyclic amines) is 1. The number of hydrogen-bond donors (Lipinski definition) is 0. The molecule has 0 aliphatic carbocycles. The fourth-order valence-electron chi connectivity index (χ4n) is 4.36. The quantitative estimate of drug-likeness (QED) is 0.640. The summed E-state index contributed by atoms with van der Waals surface area (Å²) < 4.78 is 1.77. The summed E-state index contributed by atoms with van der Waals surface area (Å²) in [5.74, 6) is 3.88. The third-order valence-electron chi connectivity index (χ3n) is 5.76. The molecule has 0 bridgehead atoms. The van der Waals surface area contributed by atoms with Gasteiger partial charge in [-0.1, -0.05) is 0 Å². The van der Waals surface area contributed by atoms with Gasteiger partial charge in [0.05, 0.1) is 0 Å². The summed E-state index contributed by atoms with van der Waals surface area (Å²) in [4.78, 5) is 24.5. The zero-order chi connectivity index (χ0) is 19.8. The minimum absolute atomic E-state index is 0.667. The summed E-state index contributed by atoms with van der Waals surface area (Å²) in [7, 11) is 3.91. The van der Waals surface area contributed by atoms with E-state index in [9.17, 15) is 0 Å². The molecule has 0 N–H and O–H groups in total. The largest absolute Gasteiger partial charge is 0.356 e. The molecule has 0 aromatic carbocycles. The minimum atomic E-state index is 0.667. The van der Waals surface area contributed by atoms with Crippen molar-refractivity contribution in [2.75, 3.05) is 50.1 Å². The van der Waals surface area contributed by atoms with E-state index in [1.807, 2.05) is 49.7 Å². The molecule has 2 aliphatic rings.